The minimum Gasteiger partial charge on any atom is -0.465 e. The molecule has 0 aliphatic heterocycles. The molecule has 2 N–H and O–H groups in total. The van der Waals surface area contributed by atoms with Gasteiger partial charge < -0.3 is 15.4 Å². The van der Waals surface area contributed by atoms with Gasteiger partial charge in [0.25, 0.3) is 0 Å². The molecule has 1 aromatic heterocycles. The number of thiophene rings is 1. The number of methoxy groups -OCH3 is 1. The molecule has 1 atom stereocenters. The molecule has 6 heteroatoms. The molecule has 0 spiro atoms. The Morgan fingerprint density at radius 1 is 1.09 bits per heavy atom. The van der Waals surface area contributed by atoms with E-state index in [4.69, 9.17) is 17.0 Å². The number of carbonyl (C=O) groups is 1. The summed E-state index contributed by atoms with van der Waals surface area (Å²) in [6, 6.07) is 20.6. The minimum absolute atomic E-state index is 0.0225. The summed E-state index contributed by atoms with van der Waals surface area (Å²) < 4.78 is 4.98. The fourth-order valence-electron chi connectivity index (χ4n) is 3.37. The highest BCUT2D eigenvalue weighted by molar-refractivity contribution is 7.80. The predicted molar refractivity (Wildman–Crippen MR) is 138 cm³/mol. The maximum absolute atomic E-state index is 12.3. The Morgan fingerprint density at radius 3 is 2.34 bits per heavy atom. The lowest BCUT2D eigenvalue weighted by Gasteiger charge is -2.21. The van der Waals surface area contributed by atoms with Gasteiger partial charge in [-0.3, -0.25) is 0 Å². The molecule has 1 heterocycles. The van der Waals surface area contributed by atoms with Gasteiger partial charge in [-0.15, -0.1) is 11.3 Å². The van der Waals surface area contributed by atoms with Crippen LogP contribution in [0.3, 0.4) is 0 Å². The molecule has 0 radical (unpaired) electrons. The molecule has 32 heavy (non-hydrogen) atoms. The lowest BCUT2D eigenvalue weighted by atomic mass is 9.86. The smallest absolute Gasteiger partial charge is 0.340 e. The number of carbonyl (C=O) groups excluding carboxylic acids is 1. The zero-order valence-electron chi connectivity index (χ0n) is 19.2. The topological polar surface area (TPSA) is 50.4 Å². The molecule has 0 fully saturated rings. The largest absolute Gasteiger partial charge is 0.465 e. The van der Waals surface area contributed by atoms with Gasteiger partial charge in [-0.25, -0.2) is 4.79 Å². The van der Waals surface area contributed by atoms with Gasteiger partial charge in [0.05, 0.1) is 18.7 Å². The van der Waals surface area contributed by atoms with Crippen molar-refractivity contribution in [3.05, 3.63) is 87.8 Å². The average Bonchev–Trinajstić information content (AvgIpc) is 3.15. The second kappa shape index (κ2) is 10.3. The SMILES string of the molecule is COC(=O)c1cc(Cc2ccccc2)sc1NC(=S)NC(C)c1ccc(C(C)(C)C)cc1. The van der Waals surface area contributed by atoms with Crippen LogP contribution in [-0.2, 0) is 16.6 Å². The first-order valence-corrected chi connectivity index (χ1v) is 11.8. The third kappa shape index (κ3) is 6.17. The van der Waals surface area contributed by atoms with Crippen molar-refractivity contribution in [2.75, 3.05) is 12.4 Å². The molecular weight excluding hydrogens is 436 g/mol. The zero-order valence-corrected chi connectivity index (χ0v) is 20.8. The first-order valence-electron chi connectivity index (χ1n) is 10.6. The van der Waals surface area contributed by atoms with Gasteiger partial charge in [0.2, 0.25) is 0 Å². The van der Waals surface area contributed by atoms with E-state index in [1.54, 1.807) is 0 Å². The lowest BCUT2D eigenvalue weighted by molar-refractivity contribution is 0.0602. The van der Waals surface area contributed by atoms with E-state index in [0.717, 1.165) is 16.9 Å². The zero-order chi connectivity index (χ0) is 23.3. The Morgan fingerprint density at radius 2 is 1.75 bits per heavy atom. The second-order valence-electron chi connectivity index (χ2n) is 8.80. The molecule has 168 valence electrons. The Bertz CT molecular complexity index is 1070. The molecule has 0 amide bonds. The first kappa shape index (κ1) is 24.0. The highest BCUT2D eigenvalue weighted by Crippen LogP contribution is 2.31. The predicted octanol–water partition coefficient (Wildman–Crippen LogP) is 6.47. The van der Waals surface area contributed by atoms with E-state index in [0.29, 0.717) is 15.7 Å². The molecule has 3 aromatic rings. The quantitative estimate of drug-likeness (QED) is 0.322. The van der Waals surface area contributed by atoms with Crippen molar-refractivity contribution < 1.29 is 9.53 Å². The lowest BCUT2D eigenvalue weighted by Crippen LogP contribution is -2.31. The average molecular weight is 467 g/mol. The van der Waals surface area contributed by atoms with E-state index in [1.165, 1.54) is 29.6 Å². The van der Waals surface area contributed by atoms with E-state index in [-0.39, 0.29) is 17.4 Å². The molecule has 0 saturated heterocycles. The van der Waals surface area contributed by atoms with Crippen molar-refractivity contribution in [1.29, 1.82) is 0 Å². The highest BCUT2D eigenvalue weighted by Gasteiger charge is 2.19. The summed E-state index contributed by atoms with van der Waals surface area (Å²) in [6.45, 7) is 8.68. The van der Waals surface area contributed by atoms with Crippen LogP contribution in [0, 0.1) is 0 Å². The van der Waals surface area contributed by atoms with Gasteiger partial charge in [-0.2, -0.15) is 0 Å². The monoisotopic (exact) mass is 466 g/mol. The summed E-state index contributed by atoms with van der Waals surface area (Å²) >= 11 is 7.07. The van der Waals surface area contributed by atoms with E-state index >= 15 is 0 Å². The van der Waals surface area contributed by atoms with Gasteiger partial charge in [0.1, 0.15) is 5.00 Å². The molecular formula is C26H30N2O2S2. The van der Waals surface area contributed by atoms with Crippen LogP contribution >= 0.6 is 23.6 Å². The summed E-state index contributed by atoms with van der Waals surface area (Å²) in [5.41, 5.74) is 4.24. The van der Waals surface area contributed by atoms with E-state index in [1.807, 2.05) is 24.3 Å². The van der Waals surface area contributed by atoms with E-state index < -0.39 is 0 Å². The molecule has 0 aliphatic carbocycles. The van der Waals surface area contributed by atoms with Crippen molar-refractivity contribution in [3.63, 3.8) is 0 Å². The molecule has 2 aromatic carbocycles. The van der Waals surface area contributed by atoms with Crippen LogP contribution in [0.15, 0.2) is 60.7 Å². The fraction of sp³-hybridized carbons (Fsp3) is 0.308. The number of hydrogen-bond donors (Lipinski definition) is 2. The molecule has 4 nitrogen and oxygen atoms in total. The number of ether oxygens (including phenoxy) is 1. The van der Waals surface area contributed by atoms with Gasteiger partial charge >= 0.3 is 5.97 Å². The second-order valence-corrected chi connectivity index (χ2v) is 10.3. The van der Waals surface area contributed by atoms with E-state index in [2.05, 4.69) is 74.7 Å². The third-order valence-electron chi connectivity index (χ3n) is 5.26. The molecule has 1 unspecified atom stereocenters. The summed E-state index contributed by atoms with van der Waals surface area (Å²) in [6.07, 6.45) is 0.744. The van der Waals surface area contributed by atoms with Crippen LogP contribution < -0.4 is 10.6 Å². The molecule has 3 rings (SSSR count). The number of hydrogen-bond acceptors (Lipinski definition) is 4. The molecule has 0 aliphatic rings. The number of thiocarbonyl (C=S) groups is 1. The maximum Gasteiger partial charge on any atom is 0.340 e. The van der Waals surface area contributed by atoms with Crippen LogP contribution in [0.1, 0.15) is 65.7 Å². The van der Waals surface area contributed by atoms with Gasteiger partial charge in [-0.05, 0) is 47.3 Å². The van der Waals surface area contributed by atoms with Crippen molar-refractivity contribution in [3.8, 4) is 0 Å². The number of anilines is 1. The number of nitrogens with one attached hydrogen (secondary N) is 2. The first-order chi connectivity index (χ1) is 15.2. The molecule has 0 saturated carbocycles. The maximum atomic E-state index is 12.3. The Kier molecular flexibility index (Phi) is 7.69. The number of benzene rings is 2. The normalized spacial score (nSPS) is 12.2. The van der Waals surface area contributed by atoms with Crippen LogP contribution in [0.5, 0.6) is 0 Å². The van der Waals surface area contributed by atoms with Crippen molar-refractivity contribution >= 4 is 39.6 Å². The summed E-state index contributed by atoms with van der Waals surface area (Å²) in [7, 11) is 1.39. The van der Waals surface area contributed by atoms with Gasteiger partial charge in [-0.1, -0.05) is 75.4 Å². The van der Waals surface area contributed by atoms with E-state index in [9.17, 15) is 4.79 Å². The number of esters is 1. The van der Waals surface area contributed by atoms with Crippen LogP contribution in [0.25, 0.3) is 0 Å². The van der Waals surface area contributed by atoms with Crippen LogP contribution in [0.4, 0.5) is 5.00 Å². The van der Waals surface area contributed by atoms with Gasteiger partial charge in [0, 0.05) is 11.3 Å². The van der Waals surface area contributed by atoms with Crippen LogP contribution in [0.2, 0.25) is 0 Å². The summed E-state index contributed by atoms with van der Waals surface area (Å²) in [4.78, 5) is 13.4. The van der Waals surface area contributed by atoms with Crippen LogP contribution in [-0.4, -0.2) is 18.2 Å². The van der Waals surface area contributed by atoms with Gasteiger partial charge in [0.15, 0.2) is 5.11 Å². The van der Waals surface area contributed by atoms with Crippen molar-refractivity contribution in [2.24, 2.45) is 0 Å². The molecule has 0 bridgehead atoms. The standard InChI is InChI=1S/C26H30N2O2S2/c1-17(19-11-13-20(14-12-19)26(2,3)4)27-25(31)28-23-22(24(29)30-5)16-21(32-23)15-18-9-7-6-8-10-18/h6-14,16-17H,15H2,1-5H3,(H2,27,28,31). The summed E-state index contributed by atoms with van der Waals surface area (Å²) in [5.74, 6) is -0.378. The summed E-state index contributed by atoms with van der Waals surface area (Å²) in [5, 5.41) is 7.69. The van der Waals surface area contributed by atoms with Crippen molar-refractivity contribution in [2.45, 2.75) is 45.6 Å². The highest BCUT2D eigenvalue weighted by atomic mass is 32.1. The minimum atomic E-state index is -0.378. The Balaban J connectivity index is 1.71. The Labute approximate surface area is 200 Å². The third-order valence-corrected chi connectivity index (χ3v) is 6.53. The number of rotatable bonds is 6. The van der Waals surface area contributed by atoms with Crippen molar-refractivity contribution in [1.82, 2.24) is 5.32 Å². The fourth-order valence-corrected chi connectivity index (χ4v) is 4.80. The Hall–Kier alpha value is -2.70.